The van der Waals surface area contributed by atoms with E-state index in [2.05, 4.69) is 5.10 Å². The van der Waals surface area contributed by atoms with Crippen LogP contribution in [-0.2, 0) is 0 Å². The molecule has 6 nitrogen and oxygen atoms in total. The molecule has 21 heavy (non-hydrogen) atoms. The fourth-order valence-corrected chi connectivity index (χ4v) is 2.43. The number of nitrogens with two attached hydrogens (primary N) is 1. The van der Waals surface area contributed by atoms with E-state index < -0.39 is 4.92 Å². The fourth-order valence-electron chi connectivity index (χ4n) is 2.43. The molecule has 0 fully saturated rings. The first kappa shape index (κ1) is 13.1. The maximum Gasteiger partial charge on any atom is 0.269 e. The van der Waals surface area contributed by atoms with Crippen LogP contribution in [0.4, 0.5) is 11.4 Å². The quantitative estimate of drug-likeness (QED) is 0.693. The van der Waals surface area contributed by atoms with E-state index in [-0.39, 0.29) is 11.7 Å². The molecule has 0 saturated heterocycles. The van der Waals surface area contributed by atoms with Crippen molar-refractivity contribution in [1.82, 2.24) is 0 Å². The van der Waals surface area contributed by atoms with Crippen LogP contribution in [0.5, 0.6) is 0 Å². The van der Waals surface area contributed by atoms with Crippen LogP contribution in [-0.4, -0.2) is 10.8 Å². The number of amidine groups is 1. The molecule has 0 bridgehead atoms. The summed E-state index contributed by atoms with van der Waals surface area (Å²) in [6, 6.07) is 16.3. The normalized spacial score (nSPS) is 17.6. The molecule has 2 aromatic rings. The number of nitro benzene ring substituents is 1. The summed E-state index contributed by atoms with van der Waals surface area (Å²) in [5, 5.41) is 16.9. The van der Waals surface area contributed by atoms with Crippen molar-refractivity contribution in [2.75, 3.05) is 5.01 Å². The third kappa shape index (κ3) is 2.55. The molecular formula is C15H14N4O2. The Balaban J connectivity index is 1.93. The predicted molar refractivity (Wildman–Crippen MR) is 81.0 cm³/mol. The fraction of sp³-hybridized carbons (Fsp3) is 0.133. The zero-order valence-corrected chi connectivity index (χ0v) is 11.2. The average Bonchev–Trinajstić information content (AvgIpc) is 2.90. The van der Waals surface area contributed by atoms with Gasteiger partial charge in [-0.3, -0.25) is 15.1 Å². The van der Waals surface area contributed by atoms with Gasteiger partial charge in [0.15, 0.2) is 0 Å². The summed E-state index contributed by atoms with van der Waals surface area (Å²) in [5.41, 5.74) is 7.83. The lowest BCUT2D eigenvalue weighted by Gasteiger charge is -2.23. The van der Waals surface area contributed by atoms with Crippen LogP contribution in [0.1, 0.15) is 18.0 Å². The minimum Gasteiger partial charge on any atom is -0.386 e. The van der Waals surface area contributed by atoms with Crippen molar-refractivity contribution >= 4 is 17.2 Å². The number of non-ortho nitro benzene ring substituents is 1. The van der Waals surface area contributed by atoms with Crippen LogP contribution >= 0.6 is 0 Å². The van der Waals surface area contributed by atoms with Gasteiger partial charge in [0.25, 0.3) is 5.69 Å². The van der Waals surface area contributed by atoms with Gasteiger partial charge in [0.1, 0.15) is 5.84 Å². The molecule has 0 aromatic heterocycles. The van der Waals surface area contributed by atoms with Crippen molar-refractivity contribution in [2.45, 2.75) is 12.5 Å². The molecule has 1 unspecified atom stereocenters. The molecule has 2 N–H and O–H groups in total. The summed E-state index contributed by atoms with van der Waals surface area (Å²) in [6.07, 6.45) is 0.640. The van der Waals surface area contributed by atoms with Crippen LogP contribution in [0, 0.1) is 10.1 Å². The number of nitro groups is 1. The molecule has 2 aromatic carbocycles. The highest BCUT2D eigenvalue weighted by Crippen LogP contribution is 2.34. The minimum atomic E-state index is -0.417. The Bertz CT molecular complexity index is 683. The maximum absolute atomic E-state index is 10.7. The Kier molecular flexibility index (Phi) is 3.27. The lowest BCUT2D eigenvalue weighted by Crippen LogP contribution is -2.18. The maximum atomic E-state index is 10.7. The van der Waals surface area contributed by atoms with Gasteiger partial charge in [-0.05, 0) is 17.7 Å². The van der Waals surface area contributed by atoms with Crippen molar-refractivity contribution in [2.24, 2.45) is 10.8 Å². The molecule has 0 radical (unpaired) electrons. The van der Waals surface area contributed by atoms with E-state index >= 15 is 0 Å². The number of nitrogens with zero attached hydrogens (tertiary/aromatic N) is 3. The molecular weight excluding hydrogens is 268 g/mol. The molecule has 106 valence electrons. The lowest BCUT2D eigenvalue weighted by molar-refractivity contribution is -0.384. The van der Waals surface area contributed by atoms with Crippen molar-refractivity contribution < 1.29 is 4.92 Å². The van der Waals surface area contributed by atoms with E-state index in [1.807, 2.05) is 35.3 Å². The average molecular weight is 282 g/mol. The number of hydrogen-bond donors (Lipinski definition) is 1. The molecule has 0 aliphatic carbocycles. The SMILES string of the molecule is NC1=NN(c2ccc([N+](=O)[O-])cc2)C(c2ccccc2)C1. The Labute approximate surface area is 121 Å². The summed E-state index contributed by atoms with van der Waals surface area (Å²) >= 11 is 0. The van der Waals surface area contributed by atoms with E-state index in [0.29, 0.717) is 12.3 Å². The van der Waals surface area contributed by atoms with Crippen molar-refractivity contribution in [3.8, 4) is 0 Å². The smallest absolute Gasteiger partial charge is 0.269 e. The third-order valence-electron chi connectivity index (χ3n) is 3.44. The summed E-state index contributed by atoms with van der Waals surface area (Å²) in [5.74, 6) is 0.558. The van der Waals surface area contributed by atoms with Gasteiger partial charge in [-0.2, -0.15) is 5.10 Å². The van der Waals surface area contributed by atoms with Gasteiger partial charge in [0, 0.05) is 18.6 Å². The largest absolute Gasteiger partial charge is 0.386 e. The number of rotatable bonds is 3. The van der Waals surface area contributed by atoms with E-state index in [0.717, 1.165) is 11.3 Å². The number of hydrogen-bond acceptors (Lipinski definition) is 5. The minimum absolute atomic E-state index is 0.0210. The summed E-state index contributed by atoms with van der Waals surface area (Å²) in [6.45, 7) is 0. The first-order chi connectivity index (χ1) is 10.1. The monoisotopic (exact) mass is 282 g/mol. The van der Waals surface area contributed by atoms with Gasteiger partial charge in [0.05, 0.1) is 16.7 Å². The summed E-state index contributed by atoms with van der Waals surface area (Å²) < 4.78 is 0. The number of anilines is 1. The molecule has 1 aliphatic heterocycles. The van der Waals surface area contributed by atoms with Gasteiger partial charge in [-0.1, -0.05) is 30.3 Å². The van der Waals surface area contributed by atoms with Gasteiger partial charge in [-0.25, -0.2) is 0 Å². The molecule has 1 heterocycles. The Morgan fingerprint density at radius 2 is 1.81 bits per heavy atom. The molecule has 0 spiro atoms. The van der Waals surface area contributed by atoms with Crippen molar-refractivity contribution in [3.63, 3.8) is 0 Å². The molecule has 0 saturated carbocycles. The first-order valence-corrected chi connectivity index (χ1v) is 6.57. The topological polar surface area (TPSA) is 84.8 Å². The Morgan fingerprint density at radius 3 is 2.43 bits per heavy atom. The highest BCUT2D eigenvalue weighted by molar-refractivity contribution is 5.85. The molecule has 0 amide bonds. The van der Waals surface area contributed by atoms with E-state index in [1.165, 1.54) is 12.1 Å². The zero-order valence-electron chi connectivity index (χ0n) is 11.2. The molecule has 3 rings (SSSR count). The standard InChI is InChI=1S/C15H14N4O2/c16-15-10-14(11-4-2-1-3-5-11)18(17-15)12-6-8-13(9-7-12)19(20)21/h1-9,14H,10H2,(H2,16,17). The summed E-state index contributed by atoms with van der Waals surface area (Å²) in [4.78, 5) is 10.3. The molecule has 1 atom stereocenters. The van der Waals surface area contributed by atoms with Gasteiger partial charge < -0.3 is 5.73 Å². The Hall–Kier alpha value is -2.89. The van der Waals surface area contributed by atoms with Gasteiger partial charge in [-0.15, -0.1) is 0 Å². The van der Waals surface area contributed by atoms with Crippen molar-refractivity contribution in [1.29, 1.82) is 0 Å². The number of hydrazone groups is 1. The van der Waals surface area contributed by atoms with Crippen molar-refractivity contribution in [3.05, 3.63) is 70.3 Å². The van der Waals surface area contributed by atoms with Gasteiger partial charge in [0.2, 0.25) is 0 Å². The first-order valence-electron chi connectivity index (χ1n) is 6.57. The second-order valence-corrected chi connectivity index (χ2v) is 4.84. The molecule has 1 aliphatic rings. The van der Waals surface area contributed by atoms with Crippen LogP contribution in [0.2, 0.25) is 0 Å². The predicted octanol–water partition coefficient (Wildman–Crippen LogP) is 2.82. The van der Waals surface area contributed by atoms with Gasteiger partial charge >= 0.3 is 0 Å². The highest BCUT2D eigenvalue weighted by atomic mass is 16.6. The van der Waals surface area contributed by atoms with Crippen LogP contribution < -0.4 is 10.7 Å². The van der Waals surface area contributed by atoms with E-state index in [9.17, 15) is 10.1 Å². The van der Waals surface area contributed by atoms with Crippen LogP contribution in [0.3, 0.4) is 0 Å². The third-order valence-corrected chi connectivity index (χ3v) is 3.44. The van der Waals surface area contributed by atoms with E-state index in [4.69, 9.17) is 5.73 Å². The summed E-state index contributed by atoms with van der Waals surface area (Å²) in [7, 11) is 0. The van der Waals surface area contributed by atoms with Crippen LogP contribution in [0.15, 0.2) is 59.7 Å². The zero-order chi connectivity index (χ0) is 14.8. The highest BCUT2D eigenvalue weighted by Gasteiger charge is 2.28. The Morgan fingerprint density at radius 1 is 1.14 bits per heavy atom. The van der Waals surface area contributed by atoms with Crippen LogP contribution in [0.25, 0.3) is 0 Å². The van der Waals surface area contributed by atoms with E-state index in [1.54, 1.807) is 12.1 Å². The second kappa shape index (κ2) is 5.24. The lowest BCUT2D eigenvalue weighted by atomic mass is 10.0. The molecule has 6 heteroatoms. The number of benzene rings is 2. The second-order valence-electron chi connectivity index (χ2n) is 4.84.